The van der Waals surface area contributed by atoms with Crippen LogP contribution in [0.5, 0.6) is 0 Å². The maximum absolute atomic E-state index is 13.9. The van der Waals surface area contributed by atoms with Gasteiger partial charge in [0.2, 0.25) is 0 Å². The van der Waals surface area contributed by atoms with Crippen molar-refractivity contribution in [3.63, 3.8) is 0 Å². The summed E-state index contributed by atoms with van der Waals surface area (Å²) in [6, 6.07) is 8.95. The van der Waals surface area contributed by atoms with Crippen LogP contribution in [0.3, 0.4) is 0 Å². The molecule has 0 saturated heterocycles. The summed E-state index contributed by atoms with van der Waals surface area (Å²) >= 11 is 0. The van der Waals surface area contributed by atoms with Crippen LogP contribution < -0.4 is 10.6 Å². The number of aryl methyl sites for hydroxylation is 1. The van der Waals surface area contributed by atoms with E-state index in [4.69, 9.17) is 0 Å². The van der Waals surface area contributed by atoms with Gasteiger partial charge in [-0.25, -0.2) is 17.2 Å². The van der Waals surface area contributed by atoms with E-state index in [-0.39, 0.29) is 41.5 Å². The van der Waals surface area contributed by atoms with Gasteiger partial charge >= 0.3 is 0 Å². The van der Waals surface area contributed by atoms with Gasteiger partial charge in [0.05, 0.1) is 4.90 Å². The first-order valence-corrected chi connectivity index (χ1v) is 10.8. The van der Waals surface area contributed by atoms with E-state index < -0.39 is 21.5 Å². The van der Waals surface area contributed by atoms with Crippen LogP contribution in [0.1, 0.15) is 29.0 Å². The maximum Gasteiger partial charge on any atom is 0.191 e. The summed E-state index contributed by atoms with van der Waals surface area (Å²) in [4.78, 5) is 4.46. The molecule has 1 aliphatic carbocycles. The van der Waals surface area contributed by atoms with Crippen molar-refractivity contribution < 1.29 is 17.2 Å². The standard InChI is InChI=1S/C20H23F2N3O2S.HI/c1-12-9-13(7-8-18(12)28(3,26)27)11-24-20(23-2)25-17-10-14(17)19-15(21)5-4-6-16(19)22;/h4-9,14,17H,10-11H2,1-3H3,(H2,23,24,25);1H. The summed E-state index contributed by atoms with van der Waals surface area (Å²) in [7, 11) is -1.63. The summed E-state index contributed by atoms with van der Waals surface area (Å²) in [5.41, 5.74) is 1.70. The number of hydrogen-bond acceptors (Lipinski definition) is 3. The molecule has 0 heterocycles. The monoisotopic (exact) mass is 535 g/mol. The van der Waals surface area contributed by atoms with Crippen molar-refractivity contribution in [2.24, 2.45) is 4.99 Å². The van der Waals surface area contributed by atoms with Gasteiger partial charge in [-0.05, 0) is 42.7 Å². The van der Waals surface area contributed by atoms with Crippen LogP contribution in [-0.4, -0.2) is 33.7 Å². The lowest BCUT2D eigenvalue weighted by Crippen LogP contribution is -2.38. The predicted molar refractivity (Wildman–Crippen MR) is 121 cm³/mol. The Bertz CT molecular complexity index is 1010. The fourth-order valence-electron chi connectivity index (χ4n) is 3.33. The number of rotatable bonds is 5. The Morgan fingerprint density at radius 2 is 1.86 bits per heavy atom. The molecule has 1 saturated carbocycles. The second-order valence-electron chi connectivity index (χ2n) is 7.03. The average Bonchev–Trinajstić information content (AvgIpc) is 3.36. The van der Waals surface area contributed by atoms with E-state index in [1.165, 1.54) is 24.5 Å². The molecule has 2 atom stereocenters. The summed E-state index contributed by atoms with van der Waals surface area (Å²) in [6.45, 7) is 2.20. The quantitative estimate of drug-likeness (QED) is 0.350. The molecule has 1 fully saturated rings. The molecule has 9 heteroatoms. The van der Waals surface area contributed by atoms with Crippen molar-refractivity contribution in [1.29, 1.82) is 0 Å². The lowest BCUT2D eigenvalue weighted by molar-refractivity contribution is 0.553. The highest BCUT2D eigenvalue weighted by molar-refractivity contribution is 14.0. The summed E-state index contributed by atoms with van der Waals surface area (Å²) in [6.07, 6.45) is 1.81. The molecule has 2 aromatic carbocycles. The Morgan fingerprint density at radius 3 is 2.41 bits per heavy atom. The van der Waals surface area contributed by atoms with Crippen LogP contribution in [0.25, 0.3) is 0 Å². The SMILES string of the molecule is CN=C(NCc1ccc(S(C)(=O)=O)c(C)c1)NC1CC1c1c(F)cccc1F.I. The molecule has 0 amide bonds. The molecule has 0 aliphatic heterocycles. The lowest BCUT2D eigenvalue weighted by atomic mass is 10.1. The molecule has 0 aromatic heterocycles. The van der Waals surface area contributed by atoms with Gasteiger partial charge in [-0.2, -0.15) is 0 Å². The number of halogens is 3. The van der Waals surface area contributed by atoms with Gasteiger partial charge in [-0.15, -0.1) is 24.0 Å². The second kappa shape index (κ2) is 9.38. The molecule has 2 N–H and O–H groups in total. The Labute approximate surface area is 186 Å². The van der Waals surface area contributed by atoms with Gasteiger partial charge in [0.15, 0.2) is 15.8 Å². The smallest absolute Gasteiger partial charge is 0.191 e. The number of guanidine groups is 1. The molecule has 2 aromatic rings. The average molecular weight is 535 g/mol. The minimum atomic E-state index is -3.25. The zero-order valence-corrected chi connectivity index (χ0v) is 19.5. The second-order valence-corrected chi connectivity index (χ2v) is 9.01. The molecule has 2 unspecified atom stereocenters. The number of benzene rings is 2. The van der Waals surface area contributed by atoms with Crippen molar-refractivity contribution in [2.45, 2.75) is 36.7 Å². The lowest BCUT2D eigenvalue weighted by Gasteiger charge is -2.13. The maximum atomic E-state index is 13.9. The Hall–Kier alpha value is -1.75. The number of nitrogens with one attached hydrogen (secondary N) is 2. The Balaban J connectivity index is 0.00000300. The van der Waals surface area contributed by atoms with E-state index in [2.05, 4.69) is 15.6 Å². The van der Waals surface area contributed by atoms with Crippen molar-refractivity contribution in [1.82, 2.24) is 10.6 Å². The minimum absolute atomic E-state index is 0. The van der Waals surface area contributed by atoms with Gasteiger partial charge < -0.3 is 10.6 Å². The van der Waals surface area contributed by atoms with Crippen molar-refractivity contribution >= 4 is 39.8 Å². The third-order valence-electron chi connectivity index (χ3n) is 4.81. The van der Waals surface area contributed by atoms with Crippen molar-refractivity contribution in [3.05, 3.63) is 64.7 Å². The van der Waals surface area contributed by atoms with E-state index in [9.17, 15) is 17.2 Å². The topological polar surface area (TPSA) is 70.6 Å². The Morgan fingerprint density at radius 1 is 1.21 bits per heavy atom. The van der Waals surface area contributed by atoms with Crippen LogP contribution >= 0.6 is 24.0 Å². The van der Waals surface area contributed by atoms with Gasteiger partial charge in [0, 0.05) is 37.4 Å². The normalized spacial score (nSPS) is 18.7. The van der Waals surface area contributed by atoms with Crippen LogP contribution in [0.4, 0.5) is 8.78 Å². The number of sulfone groups is 1. The molecule has 29 heavy (non-hydrogen) atoms. The molecule has 0 spiro atoms. The molecule has 0 bridgehead atoms. The summed E-state index contributed by atoms with van der Waals surface area (Å²) < 4.78 is 51.2. The van der Waals surface area contributed by atoms with E-state index >= 15 is 0 Å². The highest BCUT2D eigenvalue weighted by atomic mass is 127. The highest BCUT2D eigenvalue weighted by Crippen LogP contribution is 2.43. The van der Waals surface area contributed by atoms with E-state index in [0.717, 1.165) is 5.56 Å². The van der Waals surface area contributed by atoms with Crippen LogP contribution in [0, 0.1) is 18.6 Å². The fraction of sp³-hybridized carbons (Fsp3) is 0.350. The van der Waals surface area contributed by atoms with Gasteiger partial charge in [0.25, 0.3) is 0 Å². The molecular weight excluding hydrogens is 511 g/mol. The summed E-state index contributed by atoms with van der Waals surface area (Å²) in [5, 5.41) is 6.32. The largest absolute Gasteiger partial charge is 0.353 e. The van der Waals surface area contributed by atoms with Gasteiger partial charge in [-0.3, -0.25) is 4.99 Å². The molecular formula is C20H24F2IN3O2S. The molecule has 0 radical (unpaired) electrons. The molecule has 3 rings (SSSR count). The van der Waals surface area contributed by atoms with Crippen LogP contribution in [-0.2, 0) is 16.4 Å². The first kappa shape index (κ1) is 23.5. The molecule has 1 aliphatic rings. The zero-order chi connectivity index (χ0) is 20.5. The van der Waals surface area contributed by atoms with E-state index in [1.54, 1.807) is 26.1 Å². The zero-order valence-electron chi connectivity index (χ0n) is 16.4. The Kier molecular flexibility index (Phi) is 7.61. The van der Waals surface area contributed by atoms with E-state index in [1.807, 2.05) is 6.07 Å². The van der Waals surface area contributed by atoms with Crippen LogP contribution in [0.2, 0.25) is 0 Å². The number of hydrogen-bond donors (Lipinski definition) is 2. The third-order valence-corrected chi connectivity index (χ3v) is 6.06. The minimum Gasteiger partial charge on any atom is -0.353 e. The van der Waals surface area contributed by atoms with E-state index in [0.29, 0.717) is 29.4 Å². The molecule has 158 valence electrons. The first-order chi connectivity index (χ1) is 13.2. The van der Waals surface area contributed by atoms with Crippen LogP contribution in [0.15, 0.2) is 46.3 Å². The number of nitrogens with zero attached hydrogens (tertiary/aromatic N) is 1. The van der Waals surface area contributed by atoms with Crippen molar-refractivity contribution in [3.8, 4) is 0 Å². The fourth-order valence-corrected chi connectivity index (χ4v) is 4.29. The molecule has 5 nitrogen and oxygen atoms in total. The third kappa shape index (κ3) is 5.65. The first-order valence-electron chi connectivity index (χ1n) is 8.91. The summed E-state index contributed by atoms with van der Waals surface area (Å²) in [5.74, 6) is -0.762. The van der Waals surface area contributed by atoms with Gasteiger partial charge in [0.1, 0.15) is 11.6 Å². The number of aliphatic imine (C=N–C) groups is 1. The highest BCUT2D eigenvalue weighted by Gasteiger charge is 2.42. The predicted octanol–water partition coefficient (Wildman–Crippen LogP) is 3.52. The van der Waals surface area contributed by atoms with Gasteiger partial charge in [-0.1, -0.05) is 18.2 Å². The van der Waals surface area contributed by atoms with Crippen molar-refractivity contribution in [2.75, 3.05) is 13.3 Å².